The van der Waals surface area contributed by atoms with Crippen LogP contribution in [0.4, 0.5) is 4.79 Å². The van der Waals surface area contributed by atoms with Crippen LogP contribution in [-0.4, -0.2) is 41.3 Å². The van der Waals surface area contributed by atoms with Gasteiger partial charge in [0, 0.05) is 5.92 Å². The van der Waals surface area contributed by atoms with Crippen LogP contribution in [0.25, 0.3) is 11.1 Å². The summed E-state index contributed by atoms with van der Waals surface area (Å²) in [4.78, 5) is 37.7. The summed E-state index contributed by atoms with van der Waals surface area (Å²) < 4.78 is 5.66. The van der Waals surface area contributed by atoms with E-state index in [0.29, 0.717) is 0 Å². The standard InChI is InChI=1S/C28H34N2O5/c1-27(2,25(33)29-23(24(31)32)17-10-9-11-17)28(3,4)30-26(34)35-16-22-20-14-7-5-12-18(20)19-13-6-8-15-21(19)22/h5-8,12-15,17,22-23H,9-11,16H2,1-4H3,(H,29,33)(H,30,34)(H,31,32). The second-order valence-corrected chi connectivity index (χ2v) is 10.7. The summed E-state index contributed by atoms with van der Waals surface area (Å²) in [6, 6.07) is 15.3. The minimum atomic E-state index is -1.09. The van der Waals surface area contributed by atoms with E-state index in [2.05, 4.69) is 34.9 Å². The molecule has 1 fully saturated rings. The Labute approximate surface area is 206 Å². The van der Waals surface area contributed by atoms with Crippen LogP contribution in [0.1, 0.15) is 64.0 Å². The van der Waals surface area contributed by atoms with E-state index in [-0.39, 0.29) is 18.4 Å². The van der Waals surface area contributed by atoms with E-state index in [0.717, 1.165) is 41.5 Å². The van der Waals surface area contributed by atoms with Crippen LogP contribution in [0.2, 0.25) is 0 Å². The summed E-state index contributed by atoms with van der Waals surface area (Å²) in [6.07, 6.45) is 1.94. The quantitative estimate of drug-likeness (QED) is 0.510. The van der Waals surface area contributed by atoms with Crippen LogP contribution in [0, 0.1) is 11.3 Å². The number of benzene rings is 2. The van der Waals surface area contributed by atoms with Crippen molar-refractivity contribution >= 4 is 18.0 Å². The molecule has 3 N–H and O–H groups in total. The van der Waals surface area contributed by atoms with Gasteiger partial charge in [-0.3, -0.25) is 4.79 Å². The first-order valence-corrected chi connectivity index (χ1v) is 12.2. The van der Waals surface area contributed by atoms with Gasteiger partial charge in [-0.2, -0.15) is 0 Å². The Bertz CT molecular complexity index is 1090. The number of hydrogen-bond acceptors (Lipinski definition) is 4. The maximum atomic E-state index is 13.1. The molecule has 35 heavy (non-hydrogen) atoms. The topological polar surface area (TPSA) is 105 Å². The smallest absolute Gasteiger partial charge is 0.407 e. The van der Waals surface area contributed by atoms with Gasteiger partial charge in [0.15, 0.2) is 0 Å². The van der Waals surface area contributed by atoms with Gasteiger partial charge in [-0.1, -0.05) is 55.0 Å². The Hall–Kier alpha value is -3.35. The molecule has 7 heteroatoms. The number of rotatable bonds is 8. The van der Waals surface area contributed by atoms with Crippen molar-refractivity contribution < 1.29 is 24.2 Å². The molecule has 1 atom stereocenters. The minimum absolute atomic E-state index is 0.0505. The molecule has 0 radical (unpaired) electrons. The molecule has 4 rings (SSSR count). The second-order valence-electron chi connectivity index (χ2n) is 10.7. The zero-order valence-corrected chi connectivity index (χ0v) is 20.8. The van der Waals surface area contributed by atoms with Gasteiger partial charge in [0.05, 0.1) is 11.0 Å². The number of carboxylic acids is 1. The molecule has 7 nitrogen and oxygen atoms in total. The Kier molecular flexibility index (Phi) is 6.62. The van der Waals surface area contributed by atoms with Gasteiger partial charge in [0.1, 0.15) is 12.6 Å². The summed E-state index contributed by atoms with van der Waals surface area (Å²) in [6.45, 7) is 7.06. The van der Waals surface area contributed by atoms with Gasteiger partial charge < -0.3 is 20.5 Å². The van der Waals surface area contributed by atoms with E-state index in [1.807, 2.05) is 24.3 Å². The Morgan fingerprint density at radius 2 is 1.51 bits per heavy atom. The first-order valence-electron chi connectivity index (χ1n) is 12.2. The van der Waals surface area contributed by atoms with Crippen LogP contribution >= 0.6 is 0 Å². The van der Waals surface area contributed by atoms with Gasteiger partial charge in [0.25, 0.3) is 0 Å². The van der Waals surface area contributed by atoms with Gasteiger partial charge in [-0.15, -0.1) is 0 Å². The molecule has 2 aromatic carbocycles. The van der Waals surface area contributed by atoms with Crippen molar-refractivity contribution in [2.24, 2.45) is 11.3 Å². The minimum Gasteiger partial charge on any atom is -0.480 e. The summed E-state index contributed by atoms with van der Waals surface area (Å²) in [5.41, 5.74) is 2.45. The molecule has 0 bridgehead atoms. The summed E-state index contributed by atoms with van der Waals surface area (Å²) in [7, 11) is 0. The van der Waals surface area contributed by atoms with E-state index in [1.54, 1.807) is 27.7 Å². The number of nitrogens with one attached hydrogen (secondary N) is 2. The average molecular weight is 479 g/mol. The van der Waals surface area contributed by atoms with Crippen molar-refractivity contribution in [1.29, 1.82) is 0 Å². The zero-order valence-electron chi connectivity index (χ0n) is 20.8. The van der Waals surface area contributed by atoms with Crippen LogP contribution < -0.4 is 10.6 Å². The number of alkyl carbamates (subject to hydrolysis) is 1. The summed E-state index contributed by atoms with van der Waals surface area (Å²) >= 11 is 0. The highest BCUT2D eigenvalue weighted by Gasteiger charge is 2.47. The van der Waals surface area contributed by atoms with Crippen LogP contribution in [0.5, 0.6) is 0 Å². The number of carboxylic acid groups (broad SMARTS) is 1. The van der Waals surface area contributed by atoms with E-state index < -0.39 is 35.0 Å². The Morgan fingerprint density at radius 1 is 0.971 bits per heavy atom. The molecule has 0 heterocycles. The molecule has 2 aromatic rings. The van der Waals surface area contributed by atoms with Crippen LogP contribution in [0.3, 0.4) is 0 Å². The van der Waals surface area contributed by atoms with Crippen molar-refractivity contribution in [1.82, 2.24) is 10.6 Å². The first kappa shape index (κ1) is 24.8. The number of carbonyl (C=O) groups excluding carboxylic acids is 2. The fourth-order valence-corrected chi connectivity index (χ4v) is 4.81. The molecule has 1 unspecified atom stereocenters. The molecule has 0 aliphatic heterocycles. The third-order valence-corrected chi connectivity index (χ3v) is 8.06. The lowest BCUT2D eigenvalue weighted by molar-refractivity contribution is -0.147. The van der Waals surface area contributed by atoms with E-state index >= 15 is 0 Å². The highest BCUT2D eigenvalue weighted by molar-refractivity contribution is 5.88. The maximum Gasteiger partial charge on any atom is 0.407 e. The molecule has 2 aliphatic rings. The second kappa shape index (κ2) is 9.36. The molecule has 1 saturated carbocycles. The lowest BCUT2D eigenvalue weighted by atomic mass is 9.73. The predicted octanol–water partition coefficient (Wildman–Crippen LogP) is 4.70. The van der Waals surface area contributed by atoms with Gasteiger partial charge in [0.2, 0.25) is 5.91 Å². The molecule has 2 amide bonds. The molecule has 2 aliphatic carbocycles. The van der Waals surface area contributed by atoms with Crippen molar-refractivity contribution in [3.8, 4) is 11.1 Å². The third kappa shape index (κ3) is 4.64. The van der Waals surface area contributed by atoms with Crippen molar-refractivity contribution in [3.63, 3.8) is 0 Å². The monoisotopic (exact) mass is 478 g/mol. The first-order chi connectivity index (χ1) is 16.5. The molecular formula is C28H34N2O5. The molecule has 0 aromatic heterocycles. The van der Waals surface area contributed by atoms with Gasteiger partial charge >= 0.3 is 12.1 Å². The number of aliphatic carboxylic acids is 1. The van der Waals surface area contributed by atoms with Crippen LogP contribution in [-0.2, 0) is 14.3 Å². The van der Waals surface area contributed by atoms with E-state index in [4.69, 9.17) is 4.74 Å². The maximum absolute atomic E-state index is 13.1. The number of ether oxygens (including phenoxy) is 1. The number of amides is 2. The average Bonchev–Trinajstić information content (AvgIpc) is 3.09. The normalized spacial score (nSPS) is 16.5. The van der Waals surface area contributed by atoms with Crippen molar-refractivity contribution in [2.45, 2.75) is 64.5 Å². The van der Waals surface area contributed by atoms with E-state index in [1.165, 1.54) is 0 Å². The van der Waals surface area contributed by atoms with Crippen molar-refractivity contribution in [3.05, 3.63) is 59.7 Å². The number of hydrogen-bond donors (Lipinski definition) is 3. The lowest BCUT2D eigenvalue weighted by Crippen LogP contribution is -2.62. The highest BCUT2D eigenvalue weighted by atomic mass is 16.5. The fraction of sp³-hybridized carbons (Fsp3) is 0.464. The summed E-state index contributed by atoms with van der Waals surface area (Å²) in [5, 5.41) is 15.1. The van der Waals surface area contributed by atoms with Gasteiger partial charge in [-0.25, -0.2) is 9.59 Å². The Morgan fingerprint density at radius 3 is 2.00 bits per heavy atom. The molecular weight excluding hydrogens is 444 g/mol. The SMILES string of the molecule is CC(C)(NC(=O)OCC1c2ccccc2-c2ccccc21)C(C)(C)C(=O)NC(C(=O)O)C1CCC1. The predicted molar refractivity (Wildman–Crippen MR) is 133 cm³/mol. The summed E-state index contributed by atoms with van der Waals surface area (Å²) in [5.74, 6) is -1.56. The number of carbonyl (C=O) groups is 3. The van der Waals surface area contributed by atoms with E-state index in [9.17, 15) is 19.5 Å². The fourth-order valence-electron chi connectivity index (χ4n) is 4.81. The molecule has 186 valence electrons. The molecule has 0 spiro atoms. The highest BCUT2D eigenvalue weighted by Crippen LogP contribution is 2.44. The van der Waals surface area contributed by atoms with Gasteiger partial charge in [-0.05, 0) is 68.7 Å². The Balaban J connectivity index is 1.41. The molecule has 0 saturated heterocycles. The van der Waals surface area contributed by atoms with Crippen molar-refractivity contribution in [2.75, 3.05) is 6.61 Å². The zero-order chi connectivity index (χ0) is 25.4. The number of fused-ring (bicyclic) bond motifs is 3. The lowest BCUT2D eigenvalue weighted by Gasteiger charge is -2.42. The van der Waals surface area contributed by atoms with Crippen LogP contribution in [0.15, 0.2) is 48.5 Å². The largest absolute Gasteiger partial charge is 0.480 e. The third-order valence-electron chi connectivity index (χ3n) is 8.06.